The molecule has 2 aliphatic carbocycles. The van der Waals surface area contributed by atoms with E-state index in [9.17, 15) is 4.79 Å². The second-order valence-electron chi connectivity index (χ2n) is 8.35. The number of hydrogen-bond donors (Lipinski definition) is 1. The van der Waals surface area contributed by atoms with Gasteiger partial charge in [-0.1, -0.05) is 56.7 Å². The van der Waals surface area contributed by atoms with Crippen LogP contribution in [0.4, 0.5) is 0 Å². The lowest BCUT2D eigenvalue weighted by Gasteiger charge is -2.41. The van der Waals surface area contributed by atoms with Crippen molar-refractivity contribution >= 4 is 16.7 Å². The summed E-state index contributed by atoms with van der Waals surface area (Å²) < 4.78 is 0. The number of carbonyl (C=O) groups excluding carboxylic acids is 1. The van der Waals surface area contributed by atoms with E-state index in [1.165, 1.54) is 64.2 Å². The lowest BCUT2D eigenvalue weighted by atomic mass is 9.88. The highest BCUT2D eigenvalue weighted by atomic mass is 16.1. The molecule has 2 fully saturated rings. The fourth-order valence-electron chi connectivity index (χ4n) is 5.26. The summed E-state index contributed by atoms with van der Waals surface area (Å²) in [6.45, 7) is 2.64. The first-order chi connectivity index (χ1) is 12.7. The molecule has 0 unspecified atom stereocenters. The standard InChI is InChI=1S/C23H32N2O/c1-17-23(20-14-8-9-15-21(20)24-17)22(26)16-25(18-10-4-2-5-11-18)19-12-6-3-7-13-19/h8-9,14-15,18-19,24H,2-7,10-13,16H2,1H3. The molecule has 2 saturated carbocycles. The summed E-state index contributed by atoms with van der Waals surface area (Å²) in [7, 11) is 0. The van der Waals surface area contributed by atoms with Crippen molar-refractivity contribution in [3.8, 4) is 0 Å². The van der Waals surface area contributed by atoms with Gasteiger partial charge in [-0.05, 0) is 38.7 Å². The normalized spacial score (nSPS) is 20.1. The number of ketones is 1. The number of hydrogen-bond acceptors (Lipinski definition) is 2. The highest BCUT2D eigenvalue weighted by molar-refractivity contribution is 6.10. The number of nitrogens with zero attached hydrogens (tertiary/aromatic N) is 1. The minimum Gasteiger partial charge on any atom is -0.358 e. The molecule has 2 aliphatic rings. The number of H-pyrrole nitrogens is 1. The van der Waals surface area contributed by atoms with Crippen molar-refractivity contribution in [2.24, 2.45) is 0 Å². The second-order valence-corrected chi connectivity index (χ2v) is 8.35. The van der Waals surface area contributed by atoms with Crippen LogP contribution in [0.15, 0.2) is 24.3 Å². The third kappa shape index (κ3) is 3.59. The number of aromatic nitrogens is 1. The van der Waals surface area contributed by atoms with Crippen LogP contribution in [0.2, 0.25) is 0 Å². The van der Waals surface area contributed by atoms with Gasteiger partial charge >= 0.3 is 0 Å². The summed E-state index contributed by atoms with van der Waals surface area (Å²) in [5.41, 5.74) is 3.01. The lowest BCUT2D eigenvalue weighted by Crippen LogP contribution is -2.47. The van der Waals surface area contributed by atoms with Gasteiger partial charge in [0.2, 0.25) is 0 Å². The first kappa shape index (κ1) is 17.8. The molecule has 1 aromatic heterocycles. The largest absolute Gasteiger partial charge is 0.358 e. The van der Waals surface area contributed by atoms with Crippen LogP contribution >= 0.6 is 0 Å². The second kappa shape index (κ2) is 7.96. The van der Waals surface area contributed by atoms with E-state index in [-0.39, 0.29) is 0 Å². The summed E-state index contributed by atoms with van der Waals surface area (Å²) in [6.07, 6.45) is 13.1. The van der Waals surface area contributed by atoms with Crippen LogP contribution in [0.5, 0.6) is 0 Å². The monoisotopic (exact) mass is 352 g/mol. The molecule has 0 radical (unpaired) electrons. The Hall–Kier alpha value is -1.61. The van der Waals surface area contributed by atoms with Gasteiger partial charge in [-0.25, -0.2) is 0 Å². The maximum atomic E-state index is 13.4. The van der Waals surface area contributed by atoms with Crippen LogP contribution in [0.3, 0.4) is 0 Å². The zero-order chi connectivity index (χ0) is 17.9. The predicted octanol–water partition coefficient (Wildman–Crippen LogP) is 5.63. The molecule has 140 valence electrons. The number of fused-ring (bicyclic) bond motifs is 1. The molecule has 0 aliphatic heterocycles. The van der Waals surface area contributed by atoms with Crippen molar-refractivity contribution in [3.05, 3.63) is 35.5 Å². The van der Waals surface area contributed by atoms with Gasteiger partial charge in [-0.2, -0.15) is 0 Å². The molecular weight excluding hydrogens is 320 g/mol. The number of aryl methyl sites for hydroxylation is 1. The minimum atomic E-state index is 0.302. The predicted molar refractivity (Wildman–Crippen MR) is 108 cm³/mol. The number of carbonyl (C=O) groups is 1. The Morgan fingerprint density at radius 2 is 1.54 bits per heavy atom. The van der Waals surface area contributed by atoms with Crippen molar-refractivity contribution in [1.29, 1.82) is 0 Å². The van der Waals surface area contributed by atoms with Gasteiger partial charge < -0.3 is 4.98 Å². The van der Waals surface area contributed by atoms with E-state index in [1.807, 2.05) is 19.1 Å². The smallest absolute Gasteiger partial charge is 0.179 e. The van der Waals surface area contributed by atoms with Crippen molar-refractivity contribution in [2.75, 3.05) is 6.54 Å². The van der Waals surface area contributed by atoms with Crippen molar-refractivity contribution in [3.63, 3.8) is 0 Å². The molecular formula is C23H32N2O. The van der Waals surface area contributed by atoms with Gasteiger partial charge in [0.25, 0.3) is 0 Å². The van der Waals surface area contributed by atoms with Crippen LogP contribution in [-0.2, 0) is 0 Å². The number of benzene rings is 1. The van der Waals surface area contributed by atoms with E-state index < -0.39 is 0 Å². The number of rotatable bonds is 5. The maximum Gasteiger partial charge on any atom is 0.179 e. The van der Waals surface area contributed by atoms with E-state index in [4.69, 9.17) is 0 Å². The average molecular weight is 353 g/mol. The van der Waals surface area contributed by atoms with E-state index in [1.54, 1.807) is 0 Å². The van der Waals surface area contributed by atoms with E-state index in [2.05, 4.69) is 22.0 Å². The zero-order valence-electron chi connectivity index (χ0n) is 16.1. The van der Waals surface area contributed by atoms with Crippen LogP contribution in [-0.4, -0.2) is 34.3 Å². The van der Waals surface area contributed by atoms with Gasteiger partial charge in [0.05, 0.1) is 6.54 Å². The topological polar surface area (TPSA) is 36.1 Å². The Bertz CT molecular complexity index is 733. The molecule has 3 heteroatoms. The molecule has 26 heavy (non-hydrogen) atoms. The van der Waals surface area contributed by atoms with Crippen molar-refractivity contribution < 1.29 is 4.79 Å². The SMILES string of the molecule is Cc1[nH]c2ccccc2c1C(=O)CN(C1CCCCC1)C1CCCCC1. The maximum absolute atomic E-state index is 13.4. The molecule has 0 bridgehead atoms. The van der Waals surface area contributed by atoms with Crippen LogP contribution < -0.4 is 0 Å². The van der Waals surface area contributed by atoms with Gasteiger partial charge in [-0.3, -0.25) is 9.69 Å². The molecule has 0 saturated heterocycles. The van der Waals surface area contributed by atoms with Gasteiger partial charge in [0, 0.05) is 34.2 Å². The highest BCUT2D eigenvalue weighted by Gasteiger charge is 2.31. The van der Waals surface area contributed by atoms with Gasteiger partial charge in [0.1, 0.15) is 0 Å². The zero-order valence-corrected chi connectivity index (χ0v) is 16.1. The first-order valence-corrected chi connectivity index (χ1v) is 10.6. The number of nitrogens with one attached hydrogen (secondary N) is 1. The Morgan fingerprint density at radius 1 is 0.962 bits per heavy atom. The minimum absolute atomic E-state index is 0.302. The molecule has 0 atom stereocenters. The van der Waals surface area contributed by atoms with E-state index in [0.717, 1.165) is 22.2 Å². The highest BCUT2D eigenvalue weighted by Crippen LogP contribution is 2.31. The summed E-state index contributed by atoms with van der Waals surface area (Å²) in [5.74, 6) is 0.302. The molecule has 2 aromatic rings. The third-order valence-corrected chi connectivity index (χ3v) is 6.59. The molecule has 1 heterocycles. The summed E-state index contributed by atoms with van der Waals surface area (Å²) in [4.78, 5) is 19.4. The Labute approximate surface area is 157 Å². The molecule has 4 rings (SSSR count). The third-order valence-electron chi connectivity index (χ3n) is 6.59. The van der Waals surface area contributed by atoms with Crippen molar-refractivity contribution in [2.45, 2.75) is 83.2 Å². The van der Waals surface area contributed by atoms with E-state index in [0.29, 0.717) is 24.4 Å². The van der Waals surface area contributed by atoms with Crippen LogP contribution in [0.1, 0.15) is 80.3 Å². The van der Waals surface area contributed by atoms with Crippen molar-refractivity contribution in [1.82, 2.24) is 9.88 Å². The Kier molecular flexibility index (Phi) is 5.44. The quantitative estimate of drug-likeness (QED) is 0.708. The fourth-order valence-corrected chi connectivity index (χ4v) is 5.26. The molecule has 0 spiro atoms. The van der Waals surface area contributed by atoms with Crippen LogP contribution in [0.25, 0.3) is 10.9 Å². The van der Waals surface area contributed by atoms with Gasteiger partial charge in [-0.15, -0.1) is 0 Å². The fraction of sp³-hybridized carbons (Fsp3) is 0.609. The summed E-state index contributed by atoms with van der Waals surface area (Å²) in [5, 5.41) is 1.09. The number of Topliss-reactive ketones (excluding diaryl/α,β-unsaturated/α-hetero) is 1. The Balaban J connectivity index is 1.59. The molecule has 3 nitrogen and oxygen atoms in total. The van der Waals surface area contributed by atoms with Gasteiger partial charge in [0.15, 0.2) is 5.78 Å². The molecule has 1 aromatic carbocycles. The lowest BCUT2D eigenvalue weighted by molar-refractivity contribution is 0.0645. The molecule has 1 N–H and O–H groups in total. The number of aromatic amines is 1. The number of para-hydroxylation sites is 1. The average Bonchev–Trinajstić information content (AvgIpc) is 3.03. The van der Waals surface area contributed by atoms with E-state index >= 15 is 0 Å². The Morgan fingerprint density at radius 3 is 2.15 bits per heavy atom. The summed E-state index contributed by atoms with van der Waals surface area (Å²) >= 11 is 0. The van der Waals surface area contributed by atoms with Crippen LogP contribution in [0, 0.1) is 6.92 Å². The summed E-state index contributed by atoms with van der Waals surface area (Å²) in [6, 6.07) is 9.44. The first-order valence-electron chi connectivity index (χ1n) is 10.6. The molecule has 0 amide bonds.